The zero-order valence-electron chi connectivity index (χ0n) is 13.7. The molecular weight excluding hydrogens is 332 g/mol. The number of hydroxylamine groups is 1. The van der Waals surface area contributed by atoms with Crippen molar-refractivity contribution in [2.24, 2.45) is 4.99 Å². The molecule has 3 aromatic rings. The van der Waals surface area contributed by atoms with Gasteiger partial charge in [0.05, 0.1) is 0 Å². The Balaban J connectivity index is 1.54. The molecule has 1 atom stereocenters. The number of ether oxygens (including phenoxy) is 1. The van der Waals surface area contributed by atoms with Crippen molar-refractivity contribution >= 4 is 5.84 Å². The number of hydrogen-bond acceptors (Lipinski definition) is 6. The van der Waals surface area contributed by atoms with Crippen molar-refractivity contribution in [2.75, 3.05) is 0 Å². The van der Waals surface area contributed by atoms with Crippen LogP contribution in [0, 0.1) is 0 Å². The molecule has 0 fully saturated rings. The van der Waals surface area contributed by atoms with Gasteiger partial charge in [-0.25, -0.2) is 15.3 Å². The van der Waals surface area contributed by atoms with Crippen LogP contribution in [0.4, 0.5) is 0 Å². The van der Waals surface area contributed by atoms with E-state index in [0.29, 0.717) is 22.9 Å². The molecule has 1 unspecified atom stereocenters. The summed E-state index contributed by atoms with van der Waals surface area (Å²) in [6, 6.07) is 20.9. The summed E-state index contributed by atoms with van der Waals surface area (Å²) in [6.45, 7) is 0. The molecule has 4 rings (SSSR count). The Morgan fingerprint density at radius 1 is 0.923 bits per heavy atom. The molecule has 0 amide bonds. The Hall–Kier alpha value is -3.51. The standard InChI is InChI=1S/C20H16N2O4/c23-15-9-6-13(7-10-15)20-21-19(22-26-20)14-8-11-18(17(24)12-14)25-16-4-2-1-3-5-16/h1-12,20,23-24H,(H,21,22). The third-order valence-corrected chi connectivity index (χ3v) is 3.90. The molecule has 0 bridgehead atoms. The van der Waals surface area contributed by atoms with Gasteiger partial charge in [0.2, 0.25) is 6.23 Å². The van der Waals surface area contributed by atoms with Crippen LogP contribution in [0.5, 0.6) is 23.0 Å². The molecule has 1 aliphatic heterocycles. The maximum absolute atomic E-state index is 10.3. The third kappa shape index (κ3) is 3.31. The van der Waals surface area contributed by atoms with Crippen molar-refractivity contribution < 1.29 is 19.8 Å². The van der Waals surface area contributed by atoms with E-state index >= 15 is 0 Å². The van der Waals surface area contributed by atoms with E-state index in [-0.39, 0.29) is 11.5 Å². The molecule has 6 nitrogen and oxygen atoms in total. The monoisotopic (exact) mass is 348 g/mol. The van der Waals surface area contributed by atoms with E-state index in [1.54, 1.807) is 42.5 Å². The van der Waals surface area contributed by atoms with Gasteiger partial charge in [0.15, 0.2) is 17.3 Å². The molecule has 0 aromatic heterocycles. The Morgan fingerprint density at radius 2 is 1.69 bits per heavy atom. The van der Waals surface area contributed by atoms with Gasteiger partial charge in [0, 0.05) is 11.1 Å². The topological polar surface area (TPSA) is 83.3 Å². The minimum Gasteiger partial charge on any atom is -0.508 e. The average Bonchev–Trinajstić information content (AvgIpc) is 3.15. The zero-order valence-corrected chi connectivity index (χ0v) is 13.7. The molecule has 3 aromatic carbocycles. The minimum atomic E-state index is -0.520. The maximum Gasteiger partial charge on any atom is 0.202 e. The molecule has 1 heterocycles. The number of hydrogen-bond donors (Lipinski definition) is 3. The SMILES string of the molecule is Oc1ccc(C2N=C(c3ccc(Oc4ccccc4)c(O)c3)NO2)cc1. The average molecular weight is 348 g/mol. The Bertz CT molecular complexity index is 940. The summed E-state index contributed by atoms with van der Waals surface area (Å²) in [4.78, 5) is 9.93. The van der Waals surface area contributed by atoms with Gasteiger partial charge in [-0.2, -0.15) is 0 Å². The van der Waals surface area contributed by atoms with Gasteiger partial charge in [0.1, 0.15) is 11.5 Å². The second-order valence-electron chi connectivity index (χ2n) is 5.74. The molecule has 3 N–H and O–H groups in total. The van der Waals surface area contributed by atoms with Crippen LogP contribution in [0.3, 0.4) is 0 Å². The Kier molecular flexibility index (Phi) is 4.17. The highest BCUT2D eigenvalue weighted by atomic mass is 16.7. The molecule has 26 heavy (non-hydrogen) atoms. The fourth-order valence-electron chi connectivity index (χ4n) is 2.56. The maximum atomic E-state index is 10.3. The number of phenolic OH excluding ortho intramolecular Hbond substituents is 2. The number of rotatable bonds is 4. The fraction of sp³-hybridized carbons (Fsp3) is 0.0500. The summed E-state index contributed by atoms with van der Waals surface area (Å²) >= 11 is 0. The number of aromatic hydroxyl groups is 2. The van der Waals surface area contributed by atoms with Crippen molar-refractivity contribution in [2.45, 2.75) is 6.23 Å². The quantitative estimate of drug-likeness (QED) is 0.667. The van der Waals surface area contributed by atoms with Crippen molar-refractivity contribution in [3.05, 3.63) is 83.9 Å². The number of para-hydroxylation sites is 1. The largest absolute Gasteiger partial charge is 0.508 e. The molecule has 130 valence electrons. The summed E-state index contributed by atoms with van der Waals surface area (Å²) in [5, 5.41) is 19.6. The molecule has 0 spiro atoms. The number of aliphatic imine (C=N–C) groups is 1. The Morgan fingerprint density at radius 3 is 2.42 bits per heavy atom. The molecule has 0 radical (unpaired) electrons. The van der Waals surface area contributed by atoms with Gasteiger partial charge in [-0.3, -0.25) is 0 Å². The van der Waals surface area contributed by atoms with E-state index < -0.39 is 6.23 Å². The van der Waals surface area contributed by atoms with Crippen molar-refractivity contribution in [3.8, 4) is 23.0 Å². The number of nitrogens with one attached hydrogen (secondary N) is 1. The number of phenols is 2. The minimum absolute atomic E-state index is 0.00364. The Labute approximate surface area is 149 Å². The van der Waals surface area contributed by atoms with E-state index in [0.717, 1.165) is 5.56 Å². The fourth-order valence-corrected chi connectivity index (χ4v) is 2.56. The smallest absolute Gasteiger partial charge is 0.202 e. The highest BCUT2D eigenvalue weighted by Crippen LogP contribution is 2.32. The first-order valence-electron chi connectivity index (χ1n) is 8.04. The summed E-state index contributed by atoms with van der Waals surface area (Å²) in [6.07, 6.45) is -0.520. The van der Waals surface area contributed by atoms with Crippen molar-refractivity contribution in [3.63, 3.8) is 0 Å². The van der Waals surface area contributed by atoms with Gasteiger partial charge in [0.25, 0.3) is 0 Å². The zero-order chi connectivity index (χ0) is 17.9. The normalized spacial score (nSPS) is 16.0. The van der Waals surface area contributed by atoms with E-state index in [4.69, 9.17) is 9.57 Å². The van der Waals surface area contributed by atoms with Gasteiger partial charge in [-0.1, -0.05) is 30.3 Å². The van der Waals surface area contributed by atoms with Gasteiger partial charge >= 0.3 is 0 Å². The van der Waals surface area contributed by atoms with E-state index in [9.17, 15) is 10.2 Å². The van der Waals surface area contributed by atoms with Crippen LogP contribution in [-0.4, -0.2) is 16.0 Å². The first-order valence-corrected chi connectivity index (χ1v) is 8.04. The van der Waals surface area contributed by atoms with Gasteiger partial charge < -0.3 is 14.9 Å². The second kappa shape index (κ2) is 6.78. The summed E-state index contributed by atoms with van der Waals surface area (Å²) < 4.78 is 5.66. The lowest BCUT2D eigenvalue weighted by molar-refractivity contribution is 0.0377. The van der Waals surface area contributed by atoms with E-state index in [2.05, 4.69) is 10.5 Å². The number of nitrogens with zero attached hydrogens (tertiary/aromatic N) is 1. The van der Waals surface area contributed by atoms with Crippen LogP contribution in [-0.2, 0) is 4.84 Å². The summed E-state index contributed by atoms with van der Waals surface area (Å²) in [5.41, 5.74) is 4.24. The summed E-state index contributed by atoms with van der Waals surface area (Å²) in [7, 11) is 0. The van der Waals surface area contributed by atoms with Gasteiger partial charge in [-0.05, 0) is 42.5 Å². The second-order valence-corrected chi connectivity index (χ2v) is 5.74. The van der Waals surface area contributed by atoms with Gasteiger partial charge in [-0.15, -0.1) is 0 Å². The predicted molar refractivity (Wildman–Crippen MR) is 96.2 cm³/mol. The van der Waals surface area contributed by atoms with Crippen LogP contribution in [0.15, 0.2) is 77.8 Å². The molecule has 0 saturated heterocycles. The molecule has 1 aliphatic rings. The van der Waals surface area contributed by atoms with Crippen molar-refractivity contribution in [1.29, 1.82) is 0 Å². The van der Waals surface area contributed by atoms with Crippen LogP contribution >= 0.6 is 0 Å². The number of amidine groups is 1. The lowest BCUT2D eigenvalue weighted by Crippen LogP contribution is -2.17. The van der Waals surface area contributed by atoms with Crippen LogP contribution in [0.25, 0.3) is 0 Å². The molecule has 0 saturated carbocycles. The molecule has 6 heteroatoms. The van der Waals surface area contributed by atoms with Crippen molar-refractivity contribution in [1.82, 2.24) is 5.48 Å². The number of benzene rings is 3. The van der Waals surface area contributed by atoms with Crippen LogP contribution in [0.1, 0.15) is 17.4 Å². The molecule has 0 aliphatic carbocycles. The highest BCUT2D eigenvalue weighted by Gasteiger charge is 2.21. The van der Waals surface area contributed by atoms with E-state index in [1.807, 2.05) is 30.3 Å². The predicted octanol–water partition coefficient (Wildman–Crippen LogP) is 3.87. The summed E-state index contributed by atoms with van der Waals surface area (Å²) in [5.74, 6) is 1.69. The lowest BCUT2D eigenvalue weighted by atomic mass is 10.1. The first kappa shape index (κ1) is 16.0. The first-order chi connectivity index (χ1) is 12.7. The van der Waals surface area contributed by atoms with Crippen LogP contribution < -0.4 is 10.2 Å². The van der Waals surface area contributed by atoms with E-state index in [1.165, 1.54) is 0 Å². The molecular formula is C20H16N2O4. The third-order valence-electron chi connectivity index (χ3n) is 3.90. The highest BCUT2D eigenvalue weighted by molar-refractivity contribution is 5.99. The van der Waals surface area contributed by atoms with Crippen LogP contribution in [0.2, 0.25) is 0 Å². The lowest BCUT2D eigenvalue weighted by Gasteiger charge is -2.09.